The van der Waals surface area contributed by atoms with Gasteiger partial charge in [-0.1, -0.05) is 42.3 Å². The van der Waals surface area contributed by atoms with Crippen molar-refractivity contribution >= 4 is 48.9 Å². The molecule has 1 fully saturated rings. The number of hydrogen-bond donors (Lipinski definition) is 1. The van der Waals surface area contributed by atoms with Crippen LogP contribution in [0.15, 0.2) is 82.6 Å². The van der Waals surface area contributed by atoms with Gasteiger partial charge in [-0.25, -0.2) is 16.8 Å². The van der Waals surface area contributed by atoms with Crippen molar-refractivity contribution in [1.29, 1.82) is 0 Å². The SMILES string of the molecule is Cc1ccc(Cl)cc1N(CC(=O)Nc1ccc(S(=O)(=O)N2CCCCC2)cc1)S(=O)(=O)c1ccccc1. The highest BCUT2D eigenvalue weighted by Crippen LogP contribution is 2.30. The molecule has 0 aliphatic carbocycles. The molecular weight excluding hydrogens is 534 g/mol. The molecule has 1 aliphatic heterocycles. The summed E-state index contributed by atoms with van der Waals surface area (Å²) in [4.78, 5) is 13.2. The first-order valence-electron chi connectivity index (χ1n) is 11.8. The molecule has 0 aromatic heterocycles. The number of amides is 1. The van der Waals surface area contributed by atoms with E-state index >= 15 is 0 Å². The van der Waals surface area contributed by atoms with Gasteiger partial charge in [0.25, 0.3) is 10.0 Å². The number of piperidine rings is 1. The predicted molar refractivity (Wildman–Crippen MR) is 145 cm³/mol. The van der Waals surface area contributed by atoms with Gasteiger partial charge in [0.05, 0.1) is 15.5 Å². The van der Waals surface area contributed by atoms with Crippen LogP contribution in [-0.4, -0.2) is 46.7 Å². The number of rotatable bonds is 8. The van der Waals surface area contributed by atoms with Crippen LogP contribution >= 0.6 is 11.6 Å². The lowest BCUT2D eigenvalue weighted by Crippen LogP contribution is -2.38. The minimum Gasteiger partial charge on any atom is -0.325 e. The van der Waals surface area contributed by atoms with E-state index < -0.39 is 32.5 Å². The Bertz CT molecular complexity index is 1470. The minimum atomic E-state index is -4.09. The number of sulfonamides is 2. The number of anilines is 2. The number of nitrogens with zero attached hydrogens (tertiary/aromatic N) is 2. The van der Waals surface area contributed by atoms with Crippen molar-refractivity contribution in [3.63, 3.8) is 0 Å². The fraction of sp³-hybridized carbons (Fsp3) is 0.269. The summed E-state index contributed by atoms with van der Waals surface area (Å²) in [6, 6.07) is 18.6. The first-order chi connectivity index (χ1) is 17.6. The first kappa shape index (κ1) is 27.1. The average Bonchev–Trinajstić information content (AvgIpc) is 2.90. The van der Waals surface area contributed by atoms with Gasteiger partial charge in [0.15, 0.2) is 0 Å². The summed E-state index contributed by atoms with van der Waals surface area (Å²) < 4.78 is 55.3. The van der Waals surface area contributed by atoms with Gasteiger partial charge in [-0.05, 0) is 73.9 Å². The van der Waals surface area contributed by atoms with Gasteiger partial charge in [-0.15, -0.1) is 0 Å². The van der Waals surface area contributed by atoms with Crippen molar-refractivity contribution in [3.05, 3.63) is 83.4 Å². The number of carbonyl (C=O) groups excluding carboxylic acids is 1. The average molecular weight is 562 g/mol. The van der Waals surface area contributed by atoms with Crippen LogP contribution in [-0.2, 0) is 24.8 Å². The van der Waals surface area contributed by atoms with Crippen molar-refractivity contribution in [3.8, 4) is 0 Å². The van der Waals surface area contributed by atoms with Crippen LogP contribution in [0, 0.1) is 6.92 Å². The number of aryl methyl sites for hydroxylation is 1. The maximum Gasteiger partial charge on any atom is 0.264 e. The Balaban J connectivity index is 1.56. The van der Waals surface area contributed by atoms with E-state index in [2.05, 4.69) is 5.32 Å². The summed E-state index contributed by atoms with van der Waals surface area (Å²) in [5.74, 6) is -0.592. The summed E-state index contributed by atoms with van der Waals surface area (Å²) in [7, 11) is -7.69. The van der Waals surface area contributed by atoms with Gasteiger partial charge in [0.1, 0.15) is 6.54 Å². The monoisotopic (exact) mass is 561 g/mol. The molecule has 0 bridgehead atoms. The lowest BCUT2D eigenvalue weighted by Gasteiger charge is -2.26. The Labute approximate surface area is 223 Å². The normalized spacial score (nSPS) is 14.8. The molecule has 196 valence electrons. The Morgan fingerprint density at radius 2 is 1.54 bits per heavy atom. The molecule has 11 heteroatoms. The number of halogens is 1. The molecule has 0 saturated carbocycles. The van der Waals surface area contributed by atoms with E-state index in [9.17, 15) is 21.6 Å². The number of nitrogens with one attached hydrogen (secondary N) is 1. The number of benzene rings is 3. The number of carbonyl (C=O) groups is 1. The molecule has 1 amide bonds. The Morgan fingerprint density at radius 3 is 2.19 bits per heavy atom. The zero-order valence-corrected chi connectivity index (χ0v) is 22.7. The van der Waals surface area contributed by atoms with Crippen molar-refractivity contribution in [2.24, 2.45) is 0 Å². The van der Waals surface area contributed by atoms with Crippen LogP contribution in [0.2, 0.25) is 5.02 Å². The van der Waals surface area contributed by atoms with Gasteiger partial charge in [-0.2, -0.15) is 4.31 Å². The third-order valence-electron chi connectivity index (χ3n) is 6.15. The van der Waals surface area contributed by atoms with Crippen LogP contribution in [0.1, 0.15) is 24.8 Å². The van der Waals surface area contributed by atoms with Crippen molar-refractivity contribution in [1.82, 2.24) is 4.31 Å². The zero-order valence-electron chi connectivity index (χ0n) is 20.3. The fourth-order valence-electron chi connectivity index (χ4n) is 4.17. The summed E-state index contributed by atoms with van der Waals surface area (Å²) in [5, 5.41) is 3.00. The predicted octanol–water partition coefficient (Wildman–Crippen LogP) is 4.66. The van der Waals surface area contributed by atoms with Gasteiger partial charge in [-0.3, -0.25) is 9.10 Å². The molecule has 3 aromatic carbocycles. The molecule has 1 saturated heterocycles. The number of hydrogen-bond acceptors (Lipinski definition) is 5. The van der Waals surface area contributed by atoms with Gasteiger partial charge in [0, 0.05) is 23.8 Å². The maximum absolute atomic E-state index is 13.5. The van der Waals surface area contributed by atoms with E-state index in [0.717, 1.165) is 23.6 Å². The van der Waals surface area contributed by atoms with E-state index in [1.165, 1.54) is 46.8 Å². The molecule has 3 aromatic rings. The van der Waals surface area contributed by atoms with Crippen LogP contribution in [0.4, 0.5) is 11.4 Å². The minimum absolute atomic E-state index is 0.0365. The molecule has 4 rings (SSSR count). The van der Waals surface area contributed by atoms with Crippen molar-refractivity contribution in [2.75, 3.05) is 29.3 Å². The second-order valence-electron chi connectivity index (χ2n) is 8.79. The smallest absolute Gasteiger partial charge is 0.264 e. The largest absolute Gasteiger partial charge is 0.325 e. The fourth-order valence-corrected chi connectivity index (χ4v) is 7.35. The third-order valence-corrected chi connectivity index (χ3v) is 10.1. The van der Waals surface area contributed by atoms with E-state index in [-0.39, 0.29) is 15.5 Å². The quantitative estimate of drug-likeness (QED) is 0.431. The molecule has 0 unspecified atom stereocenters. The van der Waals surface area contributed by atoms with Crippen LogP contribution in [0.25, 0.3) is 0 Å². The topological polar surface area (TPSA) is 104 Å². The third kappa shape index (κ3) is 6.15. The lowest BCUT2D eigenvalue weighted by molar-refractivity contribution is -0.114. The zero-order chi connectivity index (χ0) is 26.6. The van der Waals surface area contributed by atoms with Crippen LogP contribution in [0.5, 0.6) is 0 Å². The Kier molecular flexibility index (Phi) is 8.23. The summed E-state index contributed by atoms with van der Waals surface area (Å²) in [6.45, 7) is 2.22. The summed E-state index contributed by atoms with van der Waals surface area (Å²) in [6.07, 6.45) is 2.69. The molecule has 0 atom stereocenters. The van der Waals surface area contributed by atoms with E-state index in [1.54, 1.807) is 37.3 Å². The first-order valence-corrected chi connectivity index (χ1v) is 15.1. The molecule has 0 radical (unpaired) electrons. The molecule has 1 heterocycles. The molecular formula is C26H28ClN3O5S2. The molecule has 0 spiro atoms. The van der Waals surface area contributed by atoms with E-state index in [1.807, 2.05) is 0 Å². The highest BCUT2D eigenvalue weighted by Gasteiger charge is 2.29. The van der Waals surface area contributed by atoms with E-state index in [4.69, 9.17) is 11.6 Å². The molecule has 1 N–H and O–H groups in total. The second-order valence-corrected chi connectivity index (χ2v) is 13.0. The van der Waals surface area contributed by atoms with E-state index in [0.29, 0.717) is 29.4 Å². The van der Waals surface area contributed by atoms with Gasteiger partial charge in [0.2, 0.25) is 15.9 Å². The van der Waals surface area contributed by atoms with Crippen LogP contribution in [0.3, 0.4) is 0 Å². The van der Waals surface area contributed by atoms with Crippen LogP contribution < -0.4 is 9.62 Å². The molecule has 8 nitrogen and oxygen atoms in total. The Hall–Kier alpha value is -2.92. The molecule has 1 aliphatic rings. The van der Waals surface area contributed by atoms with Gasteiger partial charge < -0.3 is 5.32 Å². The standard InChI is InChI=1S/C26H28ClN3O5S2/c1-20-10-11-21(27)18-25(20)30(37(34,35)23-8-4-2-5-9-23)19-26(31)28-22-12-14-24(15-13-22)36(32,33)29-16-6-3-7-17-29/h2,4-5,8-15,18H,3,6-7,16-17,19H2,1H3,(H,28,31). The highest BCUT2D eigenvalue weighted by atomic mass is 35.5. The van der Waals surface area contributed by atoms with Crippen molar-refractivity contribution in [2.45, 2.75) is 36.0 Å². The Morgan fingerprint density at radius 1 is 0.892 bits per heavy atom. The molecule has 37 heavy (non-hydrogen) atoms. The van der Waals surface area contributed by atoms with Gasteiger partial charge >= 0.3 is 0 Å². The lowest BCUT2D eigenvalue weighted by atomic mass is 10.2. The second kappa shape index (κ2) is 11.2. The maximum atomic E-state index is 13.5. The van der Waals surface area contributed by atoms with Crippen molar-refractivity contribution < 1.29 is 21.6 Å². The summed E-state index contributed by atoms with van der Waals surface area (Å²) in [5.41, 5.74) is 1.26. The highest BCUT2D eigenvalue weighted by molar-refractivity contribution is 7.92. The summed E-state index contributed by atoms with van der Waals surface area (Å²) >= 11 is 6.16.